The monoisotopic (exact) mass is 264 g/mol. The van der Waals surface area contributed by atoms with Crippen molar-refractivity contribution in [3.05, 3.63) is 29.3 Å². The van der Waals surface area contributed by atoms with Gasteiger partial charge in [-0.2, -0.15) is 0 Å². The van der Waals surface area contributed by atoms with Crippen molar-refractivity contribution >= 4 is 11.8 Å². The van der Waals surface area contributed by atoms with Gasteiger partial charge in [0.15, 0.2) is 0 Å². The molecule has 0 bridgehead atoms. The van der Waals surface area contributed by atoms with Gasteiger partial charge in [0.2, 0.25) is 0 Å². The van der Waals surface area contributed by atoms with Crippen molar-refractivity contribution < 1.29 is 5.11 Å². The molecular weight excluding hydrogens is 240 g/mol. The number of aliphatic hydroxyl groups is 1. The molecule has 0 spiro atoms. The minimum Gasteiger partial charge on any atom is -0.392 e. The Morgan fingerprint density at radius 2 is 1.78 bits per heavy atom. The van der Waals surface area contributed by atoms with Crippen LogP contribution in [0.15, 0.2) is 23.1 Å². The molecule has 1 N–H and O–H groups in total. The molecule has 1 aliphatic heterocycles. The lowest BCUT2D eigenvalue weighted by Crippen LogP contribution is -2.46. The molecule has 0 aliphatic carbocycles. The first-order valence-electron chi connectivity index (χ1n) is 6.65. The van der Waals surface area contributed by atoms with E-state index in [1.165, 1.54) is 16.0 Å². The zero-order chi connectivity index (χ0) is 13.7. The van der Waals surface area contributed by atoms with Gasteiger partial charge in [-0.15, -0.1) is 11.8 Å². The van der Waals surface area contributed by atoms with Gasteiger partial charge in [-0.25, -0.2) is 0 Å². The third kappa shape index (κ3) is 1.90. The molecule has 0 aromatic heterocycles. The fourth-order valence-electron chi connectivity index (χ4n) is 2.87. The molecule has 1 aromatic carbocycles. The summed E-state index contributed by atoms with van der Waals surface area (Å²) in [6, 6.07) is 6.46. The lowest BCUT2D eigenvalue weighted by atomic mass is 9.70. The molecule has 1 aliphatic rings. The van der Waals surface area contributed by atoms with E-state index < -0.39 is 0 Å². The molecule has 18 heavy (non-hydrogen) atoms. The van der Waals surface area contributed by atoms with E-state index in [9.17, 15) is 5.11 Å². The van der Waals surface area contributed by atoms with Crippen LogP contribution in [0.4, 0.5) is 0 Å². The molecule has 0 unspecified atom stereocenters. The van der Waals surface area contributed by atoms with Gasteiger partial charge in [0, 0.05) is 21.0 Å². The van der Waals surface area contributed by atoms with Crippen LogP contribution < -0.4 is 0 Å². The van der Waals surface area contributed by atoms with Crippen molar-refractivity contribution in [1.82, 2.24) is 0 Å². The zero-order valence-electron chi connectivity index (χ0n) is 12.2. The molecule has 100 valence electrons. The van der Waals surface area contributed by atoms with E-state index in [-0.39, 0.29) is 22.2 Å². The normalized spacial score (nSPS) is 29.5. The molecule has 2 atom stereocenters. The lowest BCUT2D eigenvalue weighted by molar-refractivity contribution is 0.0137. The predicted octanol–water partition coefficient (Wildman–Crippen LogP) is 4.37. The van der Waals surface area contributed by atoms with Crippen molar-refractivity contribution in [2.75, 3.05) is 0 Å². The SMILES string of the molecule is Cc1cccc2c1[C@@H](C)[C@@H](O)C(C)(C)C(C)(C)S2. The molecule has 0 fully saturated rings. The second kappa shape index (κ2) is 4.28. The maximum Gasteiger partial charge on any atom is 0.0670 e. The average Bonchev–Trinajstić information content (AvgIpc) is 2.30. The first-order valence-corrected chi connectivity index (χ1v) is 7.46. The van der Waals surface area contributed by atoms with E-state index in [0.717, 1.165) is 0 Å². The van der Waals surface area contributed by atoms with E-state index in [1.54, 1.807) is 0 Å². The average molecular weight is 264 g/mol. The zero-order valence-corrected chi connectivity index (χ0v) is 13.1. The topological polar surface area (TPSA) is 20.2 Å². The molecule has 1 nitrogen and oxygen atoms in total. The summed E-state index contributed by atoms with van der Waals surface area (Å²) in [4.78, 5) is 1.33. The van der Waals surface area contributed by atoms with Gasteiger partial charge in [0.05, 0.1) is 6.10 Å². The Morgan fingerprint density at radius 1 is 1.17 bits per heavy atom. The molecule has 1 heterocycles. The van der Waals surface area contributed by atoms with Crippen molar-refractivity contribution in [3.8, 4) is 0 Å². The van der Waals surface area contributed by atoms with Crippen molar-refractivity contribution in [1.29, 1.82) is 0 Å². The number of thioether (sulfide) groups is 1. The highest BCUT2D eigenvalue weighted by atomic mass is 32.2. The fourth-order valence-corrected chi connectivity index (χ4v) is 4.41. The summed E-state index contributed by atoms with van der Waals surface area (Å²) in [5, 5.41) is 10.8. The smallest absolute Gasteiger partial charge is 0.0670 e. The van der Waals surface area contributed by atoms with Crippen LogP contribution in [0.3, 0.4) is 0 Å². The minimum atomic E-state index is -0.317. The van der Waals surface area contributed by atoms with Crippen LogP contribution in [0, 0.1) is 12.3 Å². The van der Waals surface area contributed by atoms with Crippen LogP contribution in [-0.4, -0.2) is 16.0 Å². The van der Waals surface area contributed by atoms with Gasteiger partial charge in [0.25, 0.3) is 0 Å². The first kappa shape index (κ1) is 14.0. The van der Waals surface area contributed by atoms with Crippen molar-refractivity contribution in [3.63, 3.8) is 0 Å². The van der Waals surface area contributed by atoms with Crippen molar-refractivity contribution in [2.45, 2.75) is 63.2 Å². The van der Waals surface area contributed by atoms with Gasteiger partial charge in [-0.05, 0) is 38.0 Å². The number of benzene rings is 1. The number of aliphatic hydroxyl groups excluding tert-OH is 1. The summed E-state index contributed by atoms with van der Waals surface area (Å²) in [7, 11) is 0. The van der Waals surface area contributed by atoms with E-state index in [2.05, 4.69) is 59.7 Å². The first-order chi connectivity index (χ1) is 8.18. The second-order valence-electron chi connectivity index (χ2n) is 6.55. The lowest BCUT2D eigenvalue weighted by Gasteiger charge is -2.43. The summed E-state index contributed by atoms with van der Waals surface area (Å²) in [6.07, 6.45) is -0.317. The molecule has 0 amide bonds. The van der Waals surface area contributed by atoms with Crippen LogP contribution in [0.25, 0.3) is 0 Å². The highest BCUT2D eigenvalue weighted by Crippen LogP contribution is 2.55. The number of hydrogen-bond acceptors (Lipinski definition) is 2. The summed E-state index contributed by atoms with van der Waals surface area (Å²) in [5.41, 5.74) is 2.50. The molecule has 0 saturated heterocycles. The van der Waals surface area contributed by atoms with Crippen LogP contribution in [0.2, 0.25) is 0 Å². The summed E-state index contributed by atoms with van der Waals surface area (Å²) in [5.74, 6) is 0.186. The van der Waals surface area contributed by atoms with Gasteiger partial charge in [-0.3, -0.25) is 0 Å². The Labute approximate surface area is 115 Å². The van der Waals surface area contributed by atoms with Gasteiger partial charge >= 0.3 is 0 Å². The van der Waals surface area contributed by atoms with Crippen LogP contribution in [0.1, 0.15) is 51.7 Å². The Bertz CT molecular complexity index is 462. The highest BCUT2D eigenvalue weighted by Gasteiger charge is 2.48. The molecule has 2 rings (SSSR count). The Hall–Kier alpha value is -0.470. The Morgan fingerprint density at radius 3 is 2.39 bits per heavy atom. The second-order valence-corrected chi connectivity index (χ2v) is 8.22. The third-order valence-corrected chi connectivity index (χ3v) is 6.48. The summed E-state index contributed by atoms with van der Waals surface area (Å²) in [6.45, 7) is 13.1. The minimum absolute atomic E-state index is 0.0136. The number of fused-ring (bicyclic) bond motifs is 1. The maximum atomic E-state index is 10.8. The van der Waals surface area contributed by atoms with Gasteiger partial charge in [0.1, 0.15) is 0 Å². The molecular formula is C16H24OS. The van der Waals surface area contributed by atoms with E-state index in [0.29, 0.717) is 0 Å². The molecule has 1 aromatic rings. The number of hydrogen-bond donors (Lipinski definition) is 1. The predicted molar refractivity (Wildman–Crippen MR) is 79.3 cm³/mol. The molecule has 2 heteroatoms. The Balaban J connectivity index is 2.64. The third-order valence-electron chi connectivity index (χ3n) is 4.87. The summed E-state index contributed by atoms with van der Waals surface area (Å²) < 4.78 is 0.0136. The van der Waals surface area contributed by atoms with Crippen LogP contribution in [-0.2, 0) is 0 Å². The standard InChI is InChI=1S/C16H24OS/c1-10-8-7-9-12-13(10)11(2)14(17)15(3,4)16(5,6)18-12/h7-9,11,14,17H,1-6H3/t11-,14-/m1/s1. The largest absolute Gasteiger partial charge is 0.392 e. The highest BCUT2D eigenvalue weighted by molar-refractivity contribution is 8.00. The molecule has 0 radical (unpaired) electrons. The van der Waals surface area contributed by atoms with E-state index in [1.807, 2.05) is 11.8 Å². The van der Waals surface area contributed by atoms with Crippen LogP contribution >= 0.6 is 11.8 Å². The van der Waals surface area contributed by atoms with Gasteiger partial charge < -0.3 is 5.11 Å². The number of aryl methyl sites for hydroxylation is 1. The van der Waals surface area contributed by atoms with E-state index >= 15 is 0 Å². The molecule has 0 saturated carbocycles. The van der Waals surface area contributed by atoms with Crippen molar-refractivity contribution in [2.24, 2.45) is 5.41 Å². The maximum absolute atomic E-state index is 10.8. The fraction of sp³-hybridized carbons (Fsp3) is 0.625. The van der Waals surface area contributed by atoms with Crippen LogP contribution in [0.5, 0.6) is 0 Å². The van der Waals surface area contributed by atoms with E-state index in [4.69, 9.17) is 0 Å². The summed E-state index contributed by atoms with van der Waals surface area (Å²) >= 11 is 1.90. The Kier molecular flexibility index (Phi) is 3.31. The number of rotatable bonds is 0. The van der Waals surface area contributed by atoms with Gasteiger partial charge in [-0.1, -0.05) is 32.9 Å². The quantitative estimate of drug-likeness (QED) is 0.751.